The molecule has 1 heterocycles. The van der Waals surface area contributed by atoms with E-state index in [2.05, 4.69) is 10.3 Å². The Kier molecular flexibility index (Phi) is 4.83. The number of aromatic hydroxyl groups is 1. The molecule has 0 fully saturated rings. The van der Waals surface area contributed by atoms with E-state index in [4.69, 9.17) is 4.42 Å². The summed E-state index contributed by atoms with van der Waals surface area (Å²) in [6.07, 6.45) is 1.54. The number of anilines is 1. The second kappa shape index (κ2) is 7.59. The number of rotatable bonds is 4. The highest BCUT2D eigenvalue weighted by Crippen LogP contribution is 2.39. The molecule has 0 bridgehead atoms. The molecule has 6 heteroatoms. The Labute approximate surface area is 166 Å². The van der Waals surface area contributed by atoms with Gasteiger partial charge in [0.05, 0.1) is 17.4 Å². The number of carbonyl (C=O) groups is 1. The fourth-order valence-electron chi connectivity index (χ4n) is 3.06. The molecule has 0 atom stereocenters. The summed E-state index contributed by atoms with van der Waals surface area (Å²) in [5, 5.41) is 13.2. The number of carbonyl (C=O) groups excluding carboxylic acids is 1. The Balaban J connectivity index is 1.71. The van der Waals surface area contributed by atoms with E-state index in [0.29, 0.717) is 28.3 Å². The van der Waals surface area contributed by atoms with Crippen molar-refractivity contribution < 1.29 is 18.7 Å². The molecule has 0 saturated carbocycles. The normalized spacial score (nSPS) is 10.7. The Bertz CT molecular complexity index is 1190. The monoisotopic (exact) mass is 388 g/mol. The molecular weight excluding hydrogens is 371 g/mol. The van der Waals surface area contributed by atoms with Gasteiger partial charge in [-0.05, 0) is 35.9 Å². The first-order valence-corrected chi connectivity index (χ1v) is 8.94. The van der Waals surface area contributed by atoms with Crippen LogP contribution in [0.3, 0.4) is 0 Å². The van der Waals surface area contributed by atoms with Crippen molar-refractivity contribution in [3.05, 3.63) is 78.7 Å². The van der Waals surface area contributed by atoms with Gasteiger partial charge in [-0.3, -0.25) is 4.79 Å². The van der Waals surface area contributed by atoms with Gasteiger partial charge in [0.15, 0.2) is 5.76 Å². The predicted octanol–water partition coefficient (Wildman–Crippen LogP) is 5.48. The Morgan fingerprint density at radius 3 is 2.48 bits per heavy atom. The number of para-hydroxylation sites is 1. The van der Waals surface area contributed by atoms with Crippen molar-refractivity contribution in [2.75, 3.05) is 5.32 Å². The Morgan fingerprint density at radius 2 is 1.76 bits per heavy atom. The number of halogens is 1. The number of nitrogens with zero attached hydrogens (tertiary/aromatic N) is 1. The summed E-state index contributed by atoms with van der Waals surface area (Å²) >= 11 is 0. The van der Waals surface area contributed by atoms with E-state index < -0.39 is 5.82 Å². The van der Waals surface area contributed by atoms with Crippen LogP contribution in [0.1, 0.15) is 6.92 Å². The predicted molar refractivity (Wildman–Crippen MR) is 109 cm³/mol. The van der Waals surface area contributed by atoms with Gasteiger partial charge in [0.2, 0.25) is 11.8 Å². The summed E-state index contributed by atoms with van der Waals surface area (Å²) in [6.45, 7) is 1.31. The fourth-order valence-corrected chi connectivity index (χ4v) is 3.06. The van der Waals surface area contributed by atoms with Crippen LogP contribution in [0.25, 0.3) is 33.9 Å². The van der Waals surface area contributed by atoms with E-state index in [-0.39, 0.29) is 17.3 Å². The molecule has 0 radical (unpaired) electrons. The van der Waals surface area contributed by atoms with Crippen molar-refractivity contribution in [1.82, 2.24) is 4.98 Å². The number of hydrogen-bond acceptors (Lipinski definition) is 4. The number of amides is 1. The number of phenolic OH excluding ortho intramolecular Hbond substituents is 1. The van der Waals surface area contributed by atoms with Crippen LogP contribution in [0.5, 0.6) is 5.75 Å². The number of aromatic nitrogens is 1. The van der Waals surface area contributed by atoms with Crippen molar-refractivity contribution in [3.8, 4) is 39.7 Å². The van der Waals surface area contributed by atoms with Crippen LogP contribution in [0.2, 0.25) is 0 Å². The molecule has 0 aliphatic rings. The minimum Gasteiger partial charge on any atom is -0.507 e. The average molecular weight is 388 g/mol. The van der Waals surface area contributed by atoms with Gasteiger partial charge < -0.3 is 14.8 Å². The summed E-state index contributed by atoms with van der Waals surface area (Å²) in [5.74, 6) is -0.154. The third-order valence-electron chi connectivity index (χ3n) is 4.42. The zero-order valence-corrected chi connectivity index (χ0v) is 15.5. The highest BCUT2D eigenvalue weighted by atomic mass is 19.1. The van der Waals surface area contributed by atoms with Gasteiger partial charge in [0.1, 0.15) is 11.6 Å². The minimum atomic E-state index is -0.589. The van der Waals surface area contributed by atoms with Crippen molar-refractivity contribution >= 4 is 11.6 Å². The van der Waals surface area contributed by atoms with Gasteiger partial charge in [-0.1, -0.05) is 36.4 Å². The fraction of sp³-hybridized carbons (Fsp3) is 0.0435. The highest BCUT2D eigenvalue weighted by molar-refractivity contribution is 5.89. The van der Waals surface area contributed by atoms with E-state index in [1.165, 1.54) is 19.1 Å². The average Bonchev–Trinajstić information content (AvgIpc) is 3.20. The van der Waals surface area contributed by atoms with Crippen molar-refractivity contribution in [2.24, 2.45) is 0 Å². The van der Waals surface area contributed by atoms with E-state index in [0.717, 1.165) is 5.56 Å². The van der Waals surface area contributed by atoms with Gasteiger partial charge in [0, 0.05) is 18.1 Å². The molecule has 1 aromatic heterocycles. The first-order chi connectivity index (χ1) is 14.0. The summed E-state index contributed by atoms with van der Waals surface area (Å²) in [7, 11) is 0. The van der Waals surface area contributed by atoms with Crippen molar-refractivity contribution in [1.29, 1.82) is 0 Å². The van der Waals surface area contributed by atoms with Gasteiger partial charge in [0.25, 0.3) is 0 Å². The maximum Gasteiger partial charge on any atom is 0.226 e. The third kappa shape index (κ3) is 3.73. The standard InChI is InChI=1S/C23H17FN2O3/c1-14(27)26-20-11-10-16(12-19(20)24)17-8-5-9-18(22(17)28)21-13-25-23(29-21)15-6-3-2-4-7-15/h2-13,28H,1H3,(H,26,27). The van der Waals surface area contributed by atoms with Crippen molar-refractivity contribution in [3.63, 3.8) is 0 Å². The van der Waals surface area contributed by atoms with E-state index in [1.54, 1.807) is 30.5 Å². The molecule has 1 amide bonds. The molecule has 4 rings (SSSR count). The largest absolute Gasteiger partial charge is 0.507 e. The second-order valence-corrected chi connectivity index (χ2v) is 6.47. The Hall–Kier alpha value is -3.93. The lowest BCUT2D eigenvalue weighted by molar-refractivity contribution is -0.114. The summed E-state index contributed by atoms with van der Waals surface area (Å²) in [4.78, 5) is 15.4. The first-order valence-electron chi connectivity index (χ1n) is 8.94. The molecule has 2 N–H and O–H groups in total. The van der Waals surface area contributed by atoms with Crippen LogP contribution in [0.4, 0.5) is 10.1 Å². The lowest BCUT2D eigenvalue weighted by atomic mass is 10.00. The van der Waals surface area contributed by atoms with E-state index in [9.17, 15) is 14.3 Å². The maximum absolute atomic E-state index is 14.3. The maximum atomic E-state index is 14.3. The zero-order chi connectivity index (χ0) is 20.4. The van der Waals surface area contributed by atoms with Crippen LogP contribution in [-0.2, 0) is 4.79 Å². The van der Waals surface area contributed by atoms with Gasteiger partial charge in [-0.15, -0.1) is 0 Å². The minimum absolute atomic E-state index is 0.0464. The second-order valence-electron chi connectivity index (χ2n) is 6.47. The molecule has 0 saturated heterocycles. The SMILES string of the molecule is CC(=O)Nc1ccc(-c2cccc(-c3cnc(-c4ccccc4)o3)c2O)cc1F. The van der Waals surface area contributed by atoms with E-state index >= 15 is 0 Å². The topological polar surface area (TPSA) is 75.4 Å². The molecule has 144 valence electrons. The molecule has 0 aliphatic heterocycles. The summed E-state index contributed by atoms with van der Waals surface area (Å²) < 4.78 is 20.1. The summed E-state index contributed by atoms with van der Waals surface area (Å²) in [6, 6.07) is 18.9. The number of phenols is 1. The molecular formula is C23H17FN2O3. The van der Waals surface area contributed by atoms with Crippen LogP contribution in [0.15, 0.2) is 77.3 Å². The van der Waals surface area contributed by atoms with Gasteiger partial charge >= 0.3 is 0 Å². The van der Waals surface area contributed by atoms with E-state index in [1.807, 2.05) is 30.3 Å². The Morgan fingerprint density at radius 1 is 1.00 bits per heavy atom. The molecule has 0 aliphatic carbocycles. The molecule has 4 aromatic rings. The van der Waals surface area contributed by atoms with Gasteiger partial charge in [-0.2, -0.15) is 0 Å². The van der Waals surface area contributed by atoms with Gasteiger partial charge in [-0.25, -0.2) is 9.37 Å². The highest BCUT2D eigenvalue weighted by Gasteiger charge is 2.16. The van der Waals surface area contributed by atoms with Crippen LogP contribution in [-0.4, -0.2) is 16.0 Å². The number of benzene rings is 3. The lowest BCUT2D eigenvalue weighted by Crippen LogP contribution is -2.07. The molecule has 29 heavy (non-hydrogen) atoms. The smallest absolute Gasteiger partial charge is 0.226 e. The van der Waals surface area contributed by atoms with Crippen LogP contribution in [0, 0.1) is 5.82 Å². The quantitative estimate of drug-likeness (QED) is 0.485. The molecule has 0 spiro atoms. The zero-order valence-electron chi connectivity index (χ0n) is 15.5. The lowest BCUT2D eigenvalue weighted by Gasteiger charge is -2.10. The first kappa shape index (κ1) is 18.4. The number of hydrogen-bond donors (Lipinski definition) is 2. The van der Waals surface area contributed by atoms with Crippen molar-refractivity contribution in [2.45, 2.75) is 6.92 Å². The molecule has 0 unspecified atom stereocenters. The third-order valence-corrected chi connectivity index (χ3v) is 4.42. The number of oxazole rings is 1. The summed E-state index contributed by atoms with van der Waals surface area (Å²) in [5.41, 5.74) is 2.26. The molecule has 3 aromatic carbocycles. The van der Waals surface area contributed by atoms with Crippen LogP contribution < -0.4 is 5.32 Å². The molecule has 5 nitrogen and oxygen atoms in total. The number of nitrogens with one attached hydrogen (secondary N) is 1. The van der Waals surface area contributed by atoms with Crippen LogP contribution >= 0.6 is 0 Å².